The minimum atomic E-state index is -1.02. The van der Waals surface area contributed by atoms with Gasteiger partial charge in [-0.1, -0.05) is 41.4 Å². The molecule has 0 bridgehead atoms. The van der Waals surface area contributed by atoms with Gasteiger partial charge in [-0.05, 0) is 23.8 Å². The van der Waals surface area contributed by atoms with Crippen LogP contribution in [0.4, 0.5) is 5.69 Å². The third-order valence-corrected chi connectivity index (χ3v) is 4.36. The minimum absolute atomic E-state index is 0.203. The lowest BCUT2D eigenvalue weighted by Gasteiger charge is -2.09. The van der Waals surface area contributed by atoms with Crippen LogP contribution in [0.1, 0.15) is 16.1 Å². The van der Waals surface area contributed by atoms with Gasteiger partial charge in [0.2, 0.25) is 0 Å². The molecule has 6 nitrogen and oxygen atoms in total. The van der Waals surface area contributed by atoms with E-state index in [0.29, 0.717) is 16.6 Å². The van der Waals surface area contributed by atoms with Gasteiger partial charge in [0.15, 0.2) is 5.69 Å². The van der Waals surface area contributed by atoms with Crippen LogP contribution in [0.25, 0.3) is 10.9 Å². The van der Waals surface area contributed by atoms with Crippen LogP contribution in [0, 0.1) is 0 Å². The Hall–Kier alpha value is -2.57. The molecule has 3 aromatic rings. The van der Waals surface area contributed by atoms with Gasteiger partial charge in [0, 0.05) is 17.5 Å². The summed E-state index contributed by atoms with van der Waals surface area (Å²) in [4.78, 5) is 23.4. The van der Waals surface area contributed by atoms with Gasteiger partial charge in [-0.25, -0.2) is 0 Å². The number of amides is 1. The average molecular weight is 378 g/mol. The first-order chi connectivity index (χ1) is 11.9. The zero-order valence-corrected chi connectivity index (χ0v) is 14.6. The number of rotatable bonds is 4. The number of fused-ring (bicyclic) bond motifs is 1. The number of halogens is 2. The van der Waals surface area contributed by atoms with Crippen LogP contribution in [0.2, 0.25) is 10.0 Å². The minimum Gasteiger partial charge on any atom is -0.481 e. The van der Waals surface area contributed by atoms with E-state index in [9.17, 15) is 9.59 Å². The fourth-order valence-corrected chi connectivity index (χ4v) is 3.01. The summed E-state index contributed by atoms with van der Waals surface area (Å²) in [6, 6.07) is 10.2. The van der Waals surface area contributed by atoms with E-state index in [2.05, 4.69) is 10.4 Å². The van der Waals surface area contributed by atoms with Gasteiger partial charge in [-0.15, -0.1) is 0 Å². The molecule has 0 atom stereocenters. The number of nitrogens with one attached hydrogen (secondary N) is 1. The molecule has 1 heterocycles. The number of para-hydroxylation sites is 1. The monoisotopic (exact) mass is 377 g/mol. The van der Waals surface area contributed by atoms with Crippen molar-refractivity contribution in [3.63, 3.8) is 0 Å². The van der Waals surface area contributed by atoms with Crippen molar-refractivity contribution in [1.82, 2.24) is 9.78 Å². The van der Waals surface area contributed by atoms with Gasteiger partial charge in [0.25, 0.3) is 5.91 Å². The van der Waals surface area contributed by atoms with Crippen LogP contribution in [0.5, 0.6) is 0 Å². The van der Waals surface area contributed by atoms with Gasteiger partial charge in [0.1, 0.15) is 0 Å². The van der Waals surface area contributed by atoms with Gasteiger partial charge in [-0.3, -0.25) is 14.3 Å². The lowest BCUT2D eigenvalue weighted by atomic mass is 10.1. The van der Waals surface area contributed by atoms with Crippen molar-refractivity contribution in [2.45, 2.75) is 6.42 Å². The summed E-state index contributed by atoms with van der Waals surface area (Å²) in [7, 11) is 1.75. The number of anilines is 1. The summed E-state index contributed by atoms with van der Waals surface area (Å²) in [5.41, 5.74) is 1.76. The summed E-state index contributed by atoms with van der Waals surface area (Å²) in [5, 5.41) is 16.9. The smallest absolute Gasteiger partial charge is 0.307 e. The Labute approximate surface area is 153 Å². The Balaban J connectivity index is 1.93. The van der Waals surface area contributed by atoms with Gasteiger partial charge in [-0.2, -0.15) is 5.10 Å². The van der Waals surface area contributed by atoms with Crippen molar-refractivity contribution in [3.8, 4) is 0 Å². The molecule has 0 unspecified atom stereocenters. The second-order valence-corrected chi connectivity index (χ2v) is 6.25. The van der Waals surface area contributed by atoms with Crippen molar-refractivity contribution in [3.05, 3.63) is 57.7 Å². The van der Waals surface area contributed by atoms with Crippen molar-refractivity contribution in [2.24, 2.45) is 7.05 Å². The van der Waals surface area contributed by atoms with Crippen LogP contribution >= 0.6 is 23.2 Å². The maximum Gasteiger partial charge on any atom is 0.307 e. The highest BCUT2D eigenvalue weighted by atomic mass is 35.5. The molecule has 0 saturated carbocycles. The molecule has 0 aliphatic heterocycles. The number of hydrogen-bond acceptors (Lipinski definition) is 3. The highest BCUT2D eigenvalue weighted by Crippen LogP contribution is 2.30. The first kappa shape index (κ1) is 17.3. The highest BCUT2D eigenvalue weighted by molar-refractivity contribution is 6.36. The summed E-state index contributed by atoms with van der Waals surface area (Å²) in [6.07, 6.45) is -0.252. The second-order valence-electron chi connectivity index (χ2n) is 5.44. The standard InChI is InChI=1S/C17H13Cl2N3O3/c1-22-14-5-3-2-4-10(14)16(21-22)17(25)20-13-8-11(18)9(6-12(13)19)7-15(23)24/h2-6,8H,7H2,1H3,(H,20,25)(H,23,24). The SMILES string of the molecule is Cn1nc(C(=O)Nc2cc(Cl)c(CC(=O)O)cc2Cl)c2ccccc21. The van der Waals surface area contributed by atoms with E-state index in [1.165, 1.54) is 12.1 Å². The molecule has 128 valence electrons. The Kier molecular flexibility index (Phi) is 4.65. The van der Waals surface area contributed by atoms with E-state index in [1.54, 1.807) is 11.7 Å². The fraction of sp³-hybridized carbons (Fsp3) is 0.118. The topological polar surface area (TPSA) is 84.2 Å². The van der Waals surface area contributed by atoms with Gasteiger partial charge >= 0.3 is 5.97 Å². The molecule has 0 saturated heterocycles. The Morgan fingerprint density at radius 1 is 1.20 bits per heavy atom. The number of benzene rings is 2. The lowest BCUT2D eigenvalue weighted by Crippen LogP contribution is -2.14. The summed E-state index contributed by atoms with van der Waals surface area (Å²) in [6.45, 7) is 0. The second kappa shape index (κ2) is 6.74. The number of carboxylic acid groups (broad SMARTS) is 1. The molecule has 0 aliphatic rings. The van der Waals surface area contributed by atoms with Crippen molar-refractivity contribution in [2.75, 3.05) is 5.32 Å². The predicted molar refractivity (Wildman–Crippen MR) is 96.5 cm³/mol. The Bertz CT molecular complexity index is 998. The molecule has 25 heavy (non-hydrogen) atoms. The molecule has 0 spiro atoms. The number of carbonyl (C=O) groups is 2. The molecule has 1 amide bonds. The molecular formula is C17H13Cl2N3O3. The zero-order chi connectivity index (χ0) is 18.1. The van der Waals surface area contributed by atoms with Crippen LogP contribution in [-0.4, -0.2) is 26.8 Å². The third kappa shape index (κ3) is 3.45. The average Bonchev–Trinajstić information content (AvgIpc) is 2.89. The summed E-state index contributed by atoms with van der Waals surface area (Å²) >= 11 is 12.2. The molecule has 3 rings (SSSR count). The number of hydrogen-bond donors (Lipinski definition) is 2. The van der Waals surface area contributed by atoms with Crippen LogP contribution in [0.3, 0.4) is 0 Å². The predicted octanol–water partition coefficient (Wildman–Crippen LogP) is 3.76. The molecule has 2 aromatic carbocycles. The number of aliphatic carboxylic acids is 1. The highest BCUT2D eigenvalue weighted by Gasteiger charge is 2.18. The maximum atomic E-state index is 12.6. The van der Waals surface area contributed by atoms with E-state index in [4.69, 9.17) is 28.3 Å². The quantitative estimate of drug-likeness (QED) is 0.724. The maximum absolute atomic E-state index is 12.6. The van der Waals surface area contributed by atoms with E-state index < -0.39 is 11.9 Å². The normalized spacial score (nSPS) is 10.8. The third-order valence-electron chi connectivity index (χ3n) is 3.70. The van der Waals surface area contributed by atoms with E-state index in [-0.39, 0.29) is 22.2 Å². The molecule has 8 heteroatoms. The van der Waals surface area contributed by atoms with Crippen molar-refractivity contribution >= 4 is 51.7 Å². The number of nitrogens with zero attached hydrogens (tertiary/aromatic N) is 2. The van der Waals surface area contributed by atoms with Crippen LogP contribution < -0.4 is 5.32 Å². The number of carbonyl (C=O) groups excluding carboxylic acids is 1. The fourth-order valence-electron chi connectivity index (χ4n) is 2.55. The molecular weight excluding hydrogens is 365 g/mol. The molecule has 2 N–H and O–H groups in total. The van der Waals surface area contributed by atoms with E-state index in [1.807, 2.05) is 24.3 Å². The Morgan fingerprint density at radius 2 is 1.92 bits per heavy atom. The molecule has 0 aliphatic carbocycles. The summed E-state index contributed by atoms with van der Waals surface area (Å²) < 4.78 is 1.62. The van der Waals surface area contributed by atoms with Crippen molar-refractivity contribution < 1.29 is 14.7 Å². The lowest BCUT2D eigenvalue weighted by molar-refractivity contribution is -0.136. The number of carboxylic acids is 1. The molecule has 0 fully saturated rings. The van der Waals surface area contributed by atoms with Gasteiger partial charge in [0.05, 0.1) is 22.6 Å². The van der Waals surface area contributed by atoms with Crippen molar-refractivity contribution in [1.29, 1.82) is 0 Å². The zero-order valence-electron chi connectivity index (χ0n) is 13.1. The number of aromatic nitrogens is 2. The molecule has 1 aromatic heterocycles. The molecule has 0 radical (unpaired) electrons. The van der Waals surface area contributed by atoms with Crippen LogP contribution in [0.15, 0.2) is 36.4 Å². The summed E-state index contributed by atoms with van der Waals surface area (Å²) in [5.74, 6) is -1.45. The Morgan fingerprint density at radius 3 is 2.64 bits per heavy atom. The van der Waals surface area contributed by atoms with Crippen LogP contribution in [-0.2, 0) is 18.3 Å². The first-order valence-electron chi connectivity index (χ1n) is 7.29. The first-order valence-corrected chi connectivity index (χ1v) is 8.05. The van der Waals surface area contributed by atoms with E-state index >= 15 is 0 Å². The van der Waals surface area contributed by atoms with E-state index in [0.717, 1.165) is 5.52 Å². The number of aryl methyl sites for hydroxylation is 1. The largest absolute Gasteiger partial charge is 0.481 e. The van der Waals surface area contributed by atoms with Gasteiger partial charge < -0.3 is 10.4 Å².